The van der Waals surface area contributed by atoms with Gasteiger partial charge in [0.2, 0.25) is 0 Å². The summed E-state index contributed by atoms with van der Waals surface area (Å²) in [6.07, 6.45) is 1.21. The normalized spacial score (nSPS) is 12.8. The van der Waals surface area contributed by atoms with Crippen molar-refractivity contribution in [2.75, 3.05) is 13.7 Å². The van der Waals surface area contributed by atoms with E-state index in [2.05, 4.69) is 38.5 Å². The number of hydrogen-bond donors (Lipinski definition) is 1. The molecular formula is C11H14BrIO2. The highest BCUT2D eigenvalue weighted by Gasteiger charge is 2.11. The molecule has 15 heavy (non-hydrogen) atoms. The molecule has 0 aromatic heterocycles. The van der Waals surface area contributed by atoms with Gasteiger partial charge in [-0.2, -0.15) is 0 Å². The molecule has 0 saturated heterocycles. The summed E-state index contributed by atoms with van der Waals surface area (Å²) in [5.41, 5.74) is 0.987. The minimum atomic E-state index is -0.399. The lowest BCUT2D eigenvalue weighted by molar-refractivity contribution is 0.135. The van der Waals surface area contributed by atoms with Gasteiger partial charge in [-0.15, -0.1) is 0 Å². The van der Waals surface area contributed by atoms with Crippen molar-refractivity contribution in [1.29, 1.82) is 0 Å². The Morgan fingerprint density at radius 3 is 2.93 bits per heavy atom. The summed E-state index contributed by atoms with van der Waals surface area (Å²) in [7, 11) is 1.68. The third-order valence-corrected chi connectivity index (χ3v) is 3.62. The van der Waals surface area contributed by atoms with Gasteiger partial charge >= 0.3 is 0 Å². The van der Waals surface area contributed by atoms with E-state index in [0.717, 1.165) is 26.4 Å². The van der Waals surface area contributed by atoms with Gasteiger partial charge in [0, 0.05) is 21.8 Å². The molecule has 1 unspecified atom stereocenters. The van der Waals surface area contributed by atoms with E-state index in [1.807, 2.05) is 18.2 Å². The van der Waals surface area contributed by atoms with Gasteiger partial charge in [-0.1, -0.05) is 15.9 Å². The Balaban J connectivity index is 2.64. The highest BCUT2D eigenvalue weighted by Crippen LogP contribution is 2.26. The summed E-state index contributed by atoms with van der Waals surface area (Å²) < 4.78 is 7.06. The summed E-state index contributed by atoms with van der Waals surface area (Å²) in [6, 6.07) is 5.95. The van der Waals surface area contributed by atoms with Crippen LogP contribution >= 0.6 is 38.5 Å². The van der Waals surface area contributed by atoms with Gasteiger partial charge in [0.05, 0.1) is 6.10 Å². The summed E-state index contributed by atoms with van der Waals surface area (Å²) in [5.74, 6) is 0. The highest BCUT2D eigenvalue weighted by atomic mass is 127. The van der Waals surface area contributed by atoms with E-state index in [9.17, 15) is 5.11 Å². The zero-order chi connectivity index (χ0) is 11.3. The van der Waals surface area contributed by atoms with Gasteiger partial charge in [-0.3, -0.25) is 0 Å². The standard InChI is InChI=1S/C11H14BrIO2/c1-15-6-2-3-11(14)9-7-8(12)4-5-10(9)13/h4-5,7,11,14H,2-3,6H2,1H3. The fraction of sp³-hybridized carbons (Fsp3) is 0.455. The van der Waals surface area contributed by atoms with Crippen LogP contribution in [-0.4, -0.2) is 18.8 Å². The fourth-order valence-electron chi connectivity index (χ4n) is 1.35. The number of halogens is 2. The van der Waals surface area contributed by atoms with Gasteiger partial charge in [-0.25, -0.2) is 0 Å². The van der Waals surface area contributed by atoms with Crippen LogP contribution in [0.15, 0.2) is 22.7 Å². The van der Waals surface area contributed by atoms with Crippen molar-refractivity contribution in [3.05, 3.63) is 31.8 Å². The molecule has 0 spiro atoms. The number of ether oxygens (including phenoxy) is 1. The maximum Gasteiger partial charge on any atom is 0.0801 e. The van der Waals surface area contributed by atoms with E-state index in [4.69, 9.17) is 4.74 Å². The first-order valence-corrected chi connectivity index (χ1v) is 6.64. The van der Waals surface area contributed by atoms with Gasteiger partial charge < -0.3 is 9.84 Å². The summed E-state index contributed by atoms with van der Waals surface area (Å²) in [6.45, 7) is 0.696. The summed E-state index contributed by atoms with van der Waals surface area (Å²) in [5, 5.41) is 9.97. The average Bonchev–Trinajstić information content (AvgIpc) is 2.22. The van der Waals surface area contributed by atoms with Crippen LogP contribution in [0.1, 0.15) is 24.5 Å². The summed E-state index contributed by atoms with van der Waals surface area (Å²) >= 11 is 5.65. The number of aliphatic hydroxyl groups is 1. The molecule has 1 aromatic rings. The molecule has 1 atom stereocenters. The van der Waals surface area contributed by atoms with Gasteiger partial charge in [0.25, 0.3) is 0 Å². The molecule has 0 heterocycles. The Hall–Kier alpha value is 0.350. The van der Waals surface area contributed by atoms with Crippen LogP contribution in [0.5, 0.6) is 0 Å². The molecule has 1 aromatic carbocycles. The Morgan fingerprint density at radius 1 is 1.53 bits per heavy atom. The average molecular weight is 385 g/mol. The molecule has 0 radical (unpaired) electrons. The van der Waals surface area contributed by atoms with Crippen molar-refractivity contribution in [1.82, 2.24) is 0 Å². The maximum absolute atomic E-state index is 9.97. The fourth-order valence-corrected chi connectivity index (χ4v) is 2.42. The van der Waals surface area contributed by atoms with Crippen molar-refractivity contribution in [3.63, 3.8) is 0 Å². The minimum Gasteiger partial charge on any atom is -0.388 e. The van der Waals surface area contributed by atoms with Crippen molar-refractivity contribution >= 4 is 38.5 Å². The topological polar surface area (TPSA) is 29.5 Å². The second-order valence-electron chi connectivity index (χ2n) is 3.32. The van der Waals surface area contributed by atoms with E-state index in [1.165, 1.54) is 0 Å². The number of aliphatic hydroxyl groups excluding tert-OH is 1. The number of rotatable bonds is 5. The lowest BCUT2D eigenvalue weighted by Gasteiger charge is -2.13. The number of benzene rings is 1. The van der Waals surface area contributed by atoms with E-state index in [1.54, 1.807) is 7.11 Å². The molecule has 0 saturated carbocycles. The highest BCUT2D eigenvalue weighted by molar-refractivity contribution is 14.1. The first-order valence-electron chi connectivity index (χ1n) is 4.77. The van der Waals surface area contributed by atoms with Crippen molar-refractivity contribution < 1.29 is 9.84 Å². The van der Waals surface area contributed by atoms with Crippen LogP contribution in [0, 0.1) is 3.57 Å². The second kappa shape index (κ2) is 6.83. The summed E-state index contributed by atoms with van der Waals surface area (Å²) in [4.78, 5) is 0. The molecule has 0 aliphatic heterocycles. The largest absolute Gasteiger partial charge is 0.388 e. The van der Waals surface area contributed by atoms with E-state index >= 15 is 0 Å². The molecule has 0 aliphatic carbocycles. The van der Waals surface area contributed by atoms with Crippen LogP contribution in [-0.2, 0) is 4.74 Å². The van der Waals surface area contributed by atoms with Crippen molar-refractivity contribution in [2.45, 2.75) is 18.9 Å². The van der Waals surface area contributed by atoms with Gasteiger partial charge in [0.15, 0.2) is 0 Å². The zero-order valence-electron chi connectivity index (χ0n) is 8.54. The van der Waals surface area contributed by atoms with Crippen LogP contribution in [0.2, 0.25) is 0 Å². The zero-order valence-corrected chi connectivity index (χ0v) is 12.3. The smallest absolute Gasteiger partial charge is 0.0801 e. The first kappa shape index (κ1) is 13.4. The van der Waals surface area contributed by atoms with E-state index < -0.39 is 6.10 Å². The predicted octanol–water partition coefficient (Wildman–Crippen LogP) is 3.51. The molecule has 0 amide bonds. The van der Waals surface area contributed by atoms with Crippen LogP contribution < -0.4 is 0 Å². The number of hydrogen-bond acceptors (Lipinski definition) is 2. The van der Waals surface area contributed by atoms with Crippen LogP contribution in [0.3, 0.4) is 0 Å². The third kappa shape index (κ3) is 4.38. The molecule has 0 fully saturated rings. The quantitative estimate of drug-likeness (QED) is 0.621. The van der Waals surface area contributed by atoms with Crippen LogP contribution in [0.25, 0.3) is 0 Å². The SMILES string of the molecule is COCCCC(O)c1cc(Br)ccc1I. The van der Waals surface area contributed by atoms with E-state index in [-0.39, 0.29) is 0 Å². The first-order chi connectivity index (χ1) is 7.15. The predicted molar refractivity (Wildman–Crippen MR) is 72.9 cm³/mol. The van der Waals surface area contributed by atoms with E-state index in [0.29, 0.717) is 6.61 Å². The molecule has 2 nitrogen and oxygen atoms in total. The van der Waals surface area contributed by atoms with Crippen LogP contribution in [0.4, 0.5) is 0 Å². The van der Waals surface area contributed by atoms with Crippen molar-refractivity contribution in [3.8, 4) is 0 Å². The van der Waals surface area contributed by atoms with Gasteiger partial charge in [0.1, 0.15) is 0 Å². The van der Waals surface area contributed by atoms with Crippen molar-refractivity contribution in [2.24, 2.45) is 0 Å². The second-order valence-corrected chi connectivity index (χ2v) is 5.39. The molecule has 0 bridgehead atoms. The molecule has 0 aliphatic rings. The lowest BCUT2D eigenvalue weighted by atomic mass is 10.1. The molecule has 1 N–H and O–H groups in total. The lowest BCUT2D eigenvalue weighted by Crippen LogP contribution is -2.02. The Bertz CT molecular complexity index is 317. The Morgan fingerprint density at radius 2 is 2.27 bits per heavy atom. The molecule has 1 rings (SSSR count). The van der Waals surface area contributed by atoms with Gasteiger partial charge in [-0.05, 0) is 59.2 Å². The minimum absolute atomic E-state index is 0.399. The maximum atomic E-state index is 9.97. The third-order valence-electron chi connectivity index (χ3n) is 2.14. The number of methoxy groups -OCH3 is 1. The molecular weight excluding hydrogens is 371 g/mol. The monoisotopic (exact) mass is 384 g/mol. The molecule has 84 valence electrons. The Labute approximate surface area is 112 Å². The molecule has 4 heteroatoms. The Kier molecular flexibility index (Phi) is 6.11.